The Kier molecular flexibility index (Phi) is 6.06. The number of carboxylic acid groups (broad SMARTS) is 1. The molecule has 0 aliphatic heterocycles. The van der Waals surface area contributed by atoms with Crippen molar-refractivity contribution in [3.05, 3.63) is 70.5 Å². The molecule has 2 aromatic carbocycles. The van der Waals surface area contributed by atoms with Crippen molar-refractivity contribution >= 4 is 22.8 Å². The molecule has 3 aromatic rings. The molecular formula is C23H24N4O4. The van der Waals surface area contributed by atoms with Crippen molar-refractivity contribution in [3.63, 3.8) is 0 Å². The van der Waals surface area contributed by atoms with Crippen LogP contribution in [0.3, 0.4) is 0 Å². The van der Waals surface area contributed by atoms with Crippen molar-refractivity contribution in [2.24, 2.45) is 11.8 Å². The molecule has 2 N–H and O–H groups in total. The predicted octanol–water partition coefficient (Wildman–Crippen LogP) is 2.39. The number of fused-ring (bicyclic) bond motifs is 1. The number of hydrogen-bond donors (Lipinski definition) is 2. The van der Waals surface area contributed by atoms with Crippen molar-refractivity contribution in [3.8, 4) is 0 Å². The highest BCUT2D eigenvalue weighted by molar-refractivity contribution is 5.84. The molecule has 1 atom stereocenters. The minimum atomic E-state index is -0.943. The van der Waals surface area contributed by atoms with Gasteiger partial charge in [-0.25, -0.2) is 0 Å². The van der Waals surface area contributed by atoms with Crippen LogP contribution in [-0.2, 0) is 9.59 Å². The van der Waals surface area contributed by atoms with Crippen LogP contribution in [0.4, 0.5) is 0 Å². The Balaban J connectivity index is 1.57. The highest BCUT2D eigenvalue weighted by Crippen LogP contribution is 2.28. The van der Waals surface area contributed by atoms with E-state index in [0.29, 0.717) is 35.9 Å². The molecule has 1 aromatic heterocycles. The topological polar surface area (TPSA) is 114 Å². The number of aliphatic carboxylic acids is 1. The summed E-state index contributed by atoms with van der Waals surface area (Å²) in [5, 5.41) is 20.7. The molecule has 0 saturated heterocycles. The molecule has 4 rings (SSSR count). The minimum Gasteiger partial charge on any atom is -0.481 e. The second kappa shape index (κ2) is 9.07. The van der Waals surface area contributed by atoms with Crippen LogP contribution in [0.25, 0.3) is 10.9 Å². The quantitative estimate of drug-likeness (QED) is 0.633. The first-order valence-corrected chi connectivity index (χ1v) is 10.4. The average Bonchev–Trinajstić information content (AvgIpc) is 2.80. The van der Waals surface area contributed by atoms with Crippen LogP contribution in [0.2, 0.25) is 0 Å². The molecule has 1 fully saturated rings. The van der Waals surface area contributed by atoms with Gasteiger partial charge in [-0.2, -0.15) is 4.68 Å². The van der Waals surface area contributed by atoms with Crippen LogP contribution in [0, 0.1) is 11.8 Å². The van der Waals surface area contributed by atoms with Crippen LogP contribution in [0.1, 0.15) is 37.3 Å². The Bertz CT molecular complexity index is 1140. The van der Waals surface area contributed by atoms with Crippen molar-refractivity contribution in [2.75, 3.05) is 6.54 Å². The number of aromatic nitrogens is 3. The number of hydrogen-bond acceptors (Lipinski definition) is 5. The largest absolute Gasteiger partial charge is 0.481 e. The van der Waals surface area contributed by atoms with Crippen molar-refractivity contribution in [1.29, 1.82) is 0 Å². The standard InChI is InChI=1S/C23H24N4O4/c28-21(24-14-15-10-12-17(13-11-15)23(30)31)20(16-6-2-1-3-7-16)27-22(29)18-8-4-5-9-19(18)25-26-27/h1-9,15,17,20H,10-14H2,(H,24,28)(H,30,31). The summed E-state index contributed by atoms with van der Waals surface area (Å²) in [4.78, 5) is 37.4. The Morgan fingerprint density at radius 1 is 1.03 bits per heavy atom. The summed E-state index contributed by atoms with van der Waals surface area (Å²) >= 11 is 0. The number of nitrogens with zero attached hydrogens (tertiary/aromatic N) is 3. The number of amides is 1. The summed E-state index contributed by atoms with van der Waals surface area (Å²) in [6, 6.07) is 15.0. The summed E-state index contributed by atoms with van der Waals surface area (Å²) < 4.78 is 1.13. The fourth-order valence-corrected chi connectivity index (χ4v) is 4.17. The first kappa shape index (κ1) is 20.7. The van der Waals surface area contributed by atoms with Crippen molar-refractivity contribution < 1.29 is 14.7 Å². The van der Waals surface area contributed by atoms with Gasteiger partial charge in [0.25, 0.3) is 5.56 Å². The molecule has 1 aliphatic carbocycles. The third-order valence-corrected chi connectivity index (χ3v) is 5.96. The Hall–Kier alpha value is -3.55. The lowest BCUT2D eigenvalue weighted by atomic mass is 9.82. The summed E-state index contributed by atoms with van der Waals surface area (Å²) in [6.45, 7) is 0.435. The van der Waals surface area contributed by atoms with E-state index in [0.717, 1.165) is 17.5 Å². The van der Waals surface area contributed by atoms with Gasteiger partial charge in [-0.1, -0.05) is 47.7 Å². The molecule has 1 amide bonds. The van der Waals surface area contributed by atoms with Crippen LogP contribution in [-0.4, -0.2) is 38.5 Å². The van der Waals surface area contributed by atoms with Crippen molar-refractivity contribution in [1.82, 2.24) is 20.3 Å². The van der Waals surface area contributed by atoms with E-state index in [1.54, 1.807) is 36.4 Å². The predicted molar refractivity (Wildman–Crippen MR) is 114 cm³/mol. The molecule has 1 heterocycles. The van der Waals surface area contributed by atoms with Gasteiger partial charge in [-0.15, -0.1) is 5.10 Å². The van der Waals surface area contributed by atoms with E-state index in [9.17, 15) is 14.4 Å². The minimum absolute atomic E-state index is 0.218. The lowest BCUT2D eigenvalue weighted by Crippen LogP contribution is -2.41. The fraction of sp³-hybridized carbons (Fsp3) is 0.348. The lowest BCUT2D eigenvalue weighted by Gasteiger charge is -2.27. The summed E-state index contributed by atoms with van der Waals surface area (Å²) in [5.41, 5.74) is 0.740. The molecule has 1 aliphatic rings. The highest BCUT2D eigenvalue weighted by atomic mass is 16.4. The van der Waals surface area contributed by atoms with Gasteiger partial charge in [-0.3, -0.25) is 14.4 Å². The fourth-order valence-electron chi connectivity index (χ4n) is 4.17. The van der Waals surface area contributed by atoms with E-state index in [-0.39, 0.29) is 23.3 Å². The van der Waals surface area contributed by atoms with Gasteiger partial charge in [0.2, 0.25) is 5.91 Å². The molecule has 8 heteroatoms. The SMILES string of the molecule is O=C(O)C1CCC(CNC(=O)C(c2ccccc2)n2nnc3ccccc3c2=O)CC1. The molecule has 1 saturated carbocycles. The van der Waals surface area contributed by atoms with Gasteiger partial charge in [-0.05, 0) is 49.3 Å². The van der Waals surface area contributed by atoms with Gasteiger partial charge in [0.15, 0.2) is 6.04 Å². The van der Waals surface area contributed by atoms with Crippen molar-refractivity contribution in [2.45, 2.75) is 31.7 Å². The summed E-state index contributed by atoms with van der Waals surface area (Å²) in [7, 11) is 0. The first-order valence-electron chi connectivity index (χ1n) is 10.4. The highest BCUT2D eigenvalue weighted by Gasteiger charge is 2.29. The zero-order valence-electron chi connectivity index (χ0n) is 17.0. The Labute approximate surface area is 178 Å². The normalized spacial score (nSPS) is 19.6. The average molecular weight is 420 g/mol. The van der Waals surface area contributed by atoms with Gasteiger partial charge in [0.05, 0.1) is 11.3 Å². The second-order valence-electron chi connectivity index (χ2n) is 7.97. The lowest BCUT2D eigenvalue weighted by molar-refractivity contribution is -0.143. The number of carbonyl (C=O) groups is 2. The van der Waals surface area contributed by atoms with E-state index in [1.165, 1.54) is 0 Å². The van der Waals surface area contributed by atoms with Gasteiger partial charge < -0.3 is 10.4 Å². The van der Waals surface area contributed by atoms with Crippen LogP contribution in [0.15, 0.2) is 59.4 Å². The molecule has 0 bridgehead atoms. The molecule has 8 nitrogen and oxygen atoms in total. The number of carbonyl (C=O) groups excluding carboxylic acids is 1. The second-order valence-corrected chi connectivity index (χ2v) is 7.97. The number of nitrogens with one attached hydrogen (secondary N) is 1. The van der Waals surface area contributed by atoms with Gasteiger partial charge >= 0.3 is 5.97 Å². The van der Waals surface area contributed by atoms with E-state index in [4.69, 9.17) is 5.11 Å². The van der Waals surface area contributed by atoms with E-state index in [1.807, 2.05) is 18.2 Å². The van der Waals surface area contributed by atoms with Crippen LogP contribution >= 0.6 is 0 Å². The maximum Gasteiger partial charge on any atom is 0.306 e. The Morgan fingerprint density at radius 3 is 2.42 bits per heavy atom. The van der Waals surface area contributed by atoms with Crippen LogP contribution < -0.4 is 10.9 Å². The molecule has 0 spiro atoms. The van der Waals surface area contributed by atoms with Crippen LogP contribution in [0.5, 0.6) is 0 Å². The summed E-state index contributed by atoms with van der Waals surface area (Å²) in [6.07, 6.45) is 2.74. The van der Waals surface area contributed by atoms with E-state index >= 15 is 0 Å². The number of benzene rings is 2. The van der Waals surface area contributed by atoms with Gasteiger partial charge in [0.1, 0.15) is 5.52 Å². The van der Waals surface area contributed by atoms with E-state index < -0.39 is 12.0 Å². The third-order valence-electron chi connectivity index (χ3n) is 5.96. The monoisotopic (exact) mass is 420 g/mol. The summed E-state index contributed by atoms with van der Waals surface area (Å²) in [5.74, 6) is -1.16. The molecule has 1 unspecified atom stereocenters. The molecule has 160 valence electrons. The smallest absolute Gasteiger partial charge is 0.306 e. The first-order chi connectivity index (χ1) is 15.0. The molecule has 31 heavy (non-hydrogen) atoms. The zero-order chi connectivity index (χ0) is 21.8. The maximum absolute atomic E-state index is 13.2. The Morgan fingerprint density at radius 2 is 1.71 bits per heavy atom. The zero-order valence-corrected chi connectivity index (χ0v) is 17.0. The third kappa shape index (κ3) is 4.47. The number of carboxylic acids is 1. The van der Waals surface area contributed by atoms with E-state index in [2.05, 4.69) is 15.6 Å². The molecule has 0 radical (unpaired) electrons. The maximum atomic E-state index is 13.2. The molecular weight excluding hydrogens is 396 g/mol. The van der Waals surface area contributed by atoms with Gasteiger partial charge in [0, 0.05) is 6.54 Å². The number of rotatable bonds is 6.